The van der Waals surface area contributed by atoms with Crippen molar-refractivity contribution in [3.8, 4) is 0 Å². The molecule has 0 aliphatic carbocycles. The third-order valence-corrected chi connectivity index (χ3v) is 2.75. The molecule has 6 heteroatoms. The fourth-order valence-corrected chi connectivity index (χ4v) is 1.72. The number of amides is 1. The van der Waals surface area contributed by atoms with Crippen LogP contribution in [0.25, 0.3) is 0 Å². The Morgan fingerprint density at radius 3 is 2.55 bits per heavy atom. The molecule has 0 fully saturated rings. The summed E-state index contributed by atoms with van der Waals surface area (Å²) < 4.78 is 17.6. The van der Waals surface area contributed by atoms with Crippen molar-refractivity contribution in [3.63, 3.8) is 0 Å². The van der Waals surface area contributed by atoms with Gasteiger partial charge in [-0.2, -0.15) is 0 Å². The van der Waals surface area contributed by atoms with E-state index in [1.165, 1.54) is 31.4 Å². The van der Waals surface area contributed by atoms with Gasteiger partial charge in [-0.1, -0.05) is 12.1 Å². The maximum Gasteiger partial charge on any atom is 0.326 e. The molecule has 2 N–H and O–H groups in total. The van der Waals surface area contributed by atoms with Gasteiger partial charge in [-0.25, -0.2) is 9.18 Å². The zero-order valence-electron chi connectivity index (χ0n) is 11.3. The van der Waals surface area contributed by atoms with Gasteiger partial charge in [0, 0.05) is 13.7 Å². The largest absolute Gasteiger partial charge is 0.480 e. The van der Waals surface area contributed by atoms with Gasteiger partial charge >= 0.3 is 5.97 Å². The summed E-state index contributed by atoms with van der Waals surface area (Å²) in [7, 11) is 1.53. The first-order chi connectivity index (χ1) is 9.52. The number of methoxy groups -OCH3 is 1. The van der Waals surface area contributed by atoms with Crippen molar-refractivity contribution >= 4 is 11.9 Å². The van der Waals surface area contributed by atoms with E-state index in [1.807, 2.05) is 0 Å². The van der Waals surface area contributed by atoms with E-state index >= 15 is 0 Å². The van der Waals surface area contributed by atoms with Crippen molar-refractivity contribution in [1.29, 1.82) is 0 Å². The Labute approximate surface area is 116 Å². The Bertz CT molecular complexity index is 447. The lowest BCUT2D eigenvalue weighted by atomic mass is 10.1. The molecule has 1 rings (SSSR count). The summed E-state index contributed by atoms with van der Waals surface area (Å²) in [5.41, 5.74) is 0.630. The summed E-state index contributed by atoms with van der Waals surface area (Å²) in [6.07, 6.45) is 0.872. The number of benzene rings is 1. The Balaban J connectivity index is 2.48. The second kappa shape index (κ2) is 8.27. The second-order valence-electron chi connectivity index (χ2n) is 4.40. The number of hydrogen-bond donors (Lipinski definition) is 2. The highest BCUT2D eigenvalue weighted by Gasteiger charge is 2.19. The smallest absolute Gasteiger partial charge is 0.326 e. The van der Waals surface area contributed by atoms with Crippen LogP contribution in [0.1, 0.15) is 18.4 Å². The van der Waals surface area contributed by atoms with Gasteiger partial charge in [0.1, 0.15) is 11.9 Å². The molecule has 0 radical (unpaired) electrons. The van der Waals surface area contributed by atoms with E-state index in [9.17, 15) is 14.0 Å². The Kier molecular flexibility index (Phi) is 6.66. The maximum absolute atomic E-state index is 12.7. The molecule has 1 amide bonds. The van der Waals surface area contributed by atoms with Gasteiger partial charge in [0.05, 0.1) is 6.42 Å². The number of aliphatic carboxylic acids is 1. The van der Waals surface area contributed by atoms with Gasteiger partial charge < -0.3 is 15.2 Å². The van der Waals surface area contributed by atoms with Crippen LogP contribution in [0.3, 0.4) is 0 Å². The molecule has 5 nitrogen and oxygen atoms in total. The zero-order valence-corrected chi connectivity index (χ0v) is 11.3. The van der Waals surface area contributed by atoms with Crippen molar-refractivity contribution in [2.75, 3.05) is 13.7 Å². The van der Waals surface area contributed by atoms with Crippen molar-refractivity contribution in [2.24, 2.45) is 0 Å². The van der Waals surface area contributed by atoms with Crippen LogP contribution in [0.4, 0.5) is 4.39 Å². The monoisotopic (exact) mass is 283 g/mol. The van der Waals surface area contributed by atoms with Crippen LogP contribution in [-0.4, -0.2) is 36.7 Å². The minimum absolute atomic E-state index is 0.0222. The first-order valence-electron chi connectivity index (χ1n) is 6.28. The molecule has 0 aromatic heterocycles. The van der Waals surface area contributed by atoms with Crippen LogP contribution in [0.5, 0.6) is 0 Å². The van der Waals surface area contributed by atoms with E-state index in [1.54, 1.807) is 0 Å². The third kappa shape index (κ3) is 5.79. The minimum Gasteiger partial charge on any atom is -0.480 e. The highest BCUT2D eigenvalue weighted by atomic mass is 19.1. The highest BCUT2D eigenvalue weighted by Crippen LogP contribution is 2.04. The molecule has 1 aromatic carbocycles. The molecule has 0 aliphatic heterocycles. The molecule has 1 aromatic rings. The molecule has 0 heterocycles. The van der Waals surface area contributed by atoms with E-state index in [0.29, 0.717) is 25.0 Å². The number of hydrogen-bond acceptors (Lipinski definition) is 3. The molecule has 0 saturated heterocycles. The molecular weight excluding hydrogens is 265 g/mol. The van der Waals surface area contributed by atoms with Gasteiger partial charge in [-0.15, -0.1) is 0 Å². The van der Waals surface area contributed by atoms with Crippen molar-refractivity contribution in [1.82, 2.24) is 5.32 Å². The van der Waals surface area contributed by atoms with Crippen LogP contribution in [0.15, 0.2) is 24.3 Å². The summed E-state index contributed by atoms with van der Waals surface area (Å²) in [6.45, 7) is 0.442. The van der Waals surface area contributed by atoms with Crippen LogP contribution in [0, 0.1) is 5.82 Å². The molecule has 1 atom stereocenters. The summed E-state index contributed by atoms with van der Waals surface area (Å²) in [6, 6.07) is 4.58. The fraction of sp³-hybridized carbons (Fsp3) is 0.429. The Morgan fingerprint density at radius 2 is 2.00 bits per heavy atom. The molecule has 1 unspecified atom stereocenters. The average molecular weight is 283 g/mol. The minimum atomic E-state index is -1.08. The normalized spacial score (nSPS) is 11.9. The van der Waals surface area contributed by atoms with Gasteiger partial charge in [0.2, 0.25) is 5.91 Å². The topological polar surface area (TPSA) is 75.6 Å². The molecule has 0 saturated carbocycles. The van der Waals surface area contributed by atoms with Gasteiger partial charge in [-0.3, -0.25) is 4.79 Å². The second-order valence-corrected chi connectivity index (χ2v) is 4.40. The standard InChI is InChI=1S/C14H18FNO4/c1-20-8-2-3-12(14(18)19)16-13(17)9-10-4-6-11(15)7-5-10/h4-7,12H,2-3,8-9H2,1H3,(H,16,17)(H,18,19). The summed E-state index contributed by atoms with van der Waals surface area (Å²) in [5.74, 6) is -1.85. The fourth-order valence-electron chi connectivity index (χ4n) is 1.72. The van der Waals surface area contributed by atoms with E-state index in [4.69, 9.17) is 9.84 Å². The predicted octanol–water partition coefficient (Wildman–Crippen LogP) is 1.36. The predicted molar refractivity (Wildman–Crippen MR) is 70.8 cm³/mol. The average Bonchev–Trinajstić information content (AvgIpc) is 2.40. The molecule has 110 valence electrons. The van der Waals surface area contributed by atoms with Crippen molar-refractivity contribution in [3.05, 3.63) is 35.6 Å². The number of ether oxygens (including phenoxy) is 1. The molecule has 20 heavy (non-hydrogen) atoms. The Morgan fingerprint density at radius 1 is 1.35 bits per heavy atom. The zero-order chi connectivity index (χ0) is 15.0. The van der Waals surface area contributed by atoms with E-state index < -0.39 is 17.9 Å². The van der Waals surface area contributed by atoms with E-state index in [0.717, 1.165) is 0 Å². The summed E-state index contributed by atoms with van der Waals surface area (Å²) in [4.78, 5) is 22.8. The van der Waals surface area contributed by atoms with Crippen LogP contribution >= 0.6 is 0 Å². The first-order valence-corrected chi connectivity index (χ1v) is 6.28. The molecule has 0 spiro atoms. The van der Waals surface area contributed by atoms with Gasteiger partial charge in [0.15, 0.2) is 0 Å². The highest BCUT2D eigenvalue weighted by molar-refractivity contribution is 5.84. The molecule has 0 bridgehead atoms. The van der Waals surface area contributed by atoms with Crippen LogP contribution in [-0.2, 0) is 20.7 Å². The lowest BCUT2D eigenvalue weighted by molar-refractivity contribution is -0.142. The molecule has 0 aliphatic rings. The number of carboxylic acids is 1. The van der Waals surface area contributed by atoms with E-state index in [-0.39, 0.29) is 12.2 Å². The summed E-state index contributed by atoms with van der Waals surface area (Å²) >= 11 is 0. The lowest BCUT2D eigenvalue weighted by Crippen LogP contribution is -2.41. The number of halogens is 1. The number of rotatable bonds is 8. The number of nitrogens with one attached hydrogen (secondary N) is 1. The molecular formula is C14H18FNO4. The maximum atomic E-state index is 12.7. The number of carboxylic acid groups (broad SMARTS) is 1. The van der Waals surface area contributed by atoms with Crippen molar-refractivity contribution in [2.45, 2.75) is 25.3 Å². The Hall–Kier alpha value is -1.95. The summed E-state index contributed by atoms with van der Waals surface area (Å²) in [5, 5.41) is 11.5. The van der Waals surface area contributed by atoms with Crippen molar-refractivity contribution < 1.29 is 23.8 Å². The van der Waals surface area contributed by atoms with Gasteiger partial charge in [0.25, 0.3) is 0 Å². The van der Waals surface area contributed by atoms with Crippen LogP contribution < -0.4 is 5.32 Å². The quantitative estimate of drug-likeness (QED) is 0.706. The number of carbonyl (C=O) groups is 2. The third-order valence-electron chi connectivity index (χ3n) is 2.75. The number of carbonyl (C=O) groups excluding carboxylic acids is 1. The lowest BCUT2D eigenvalue weighted by Gasteiger charge is -2.14. The SMILES string of the molecule is COCCCC(NC(=O)Cc1ccc(F)cc1)C(=O)O. The van der Waals surface area contributed by atoms with E-state index in [2.05, 4.69) is 5.32 Å². The first kappa shape index (κ1) is 16.1. The van der Waals surface area contributed by atoms with Gasteiger partial charge in [-0.05, 0) is 30.5 Å². The van der Waals surface area contributed by atoms with Crippen LogP contribution in [0.2, 0.25) is 0 Å².